The van der Waals surface area contributed by atoms with Gasteiger partial charge in [-0.25, -0.2) is 4.79 Å². The number of aromatic hydroxyl groups is 1. The van der Waals surface area contributed by atoms with Crippen LogP contribution in [-0.2, 0) is 18.9 Å². The molecule has 14 heteroatoms. The van der Waals surface area contributed by atoms with Crippen molar-refractivity contribution < 1.29 is 53.6 Å². The Bertz CT molecular complexity index is 2190. The number of nitrogens with one attached hydrogen (secondary N) is 1. The highest BCUT2D eigenvalue weighted by atomic mass is 16.8. The number of aliphatic hydroxyl groups is 4. The summed E-state index contributed by atoms with van der Waals surface area (Å²) in [5.74, 6) is -0.404. The zero-order chi connectivity index (χ0) is 33.6. The van der Waals surface area contributed by atoms with Gasteiger partial charge in [0.2, 0.25) is 11.7 Å². The van der Waals surface area contributed by atoms with Crippen molar-refractivity contribution in [3.63, 3.8) is 0 Å². The van der Waals surface area contributed by atoms with E-state index in [1.807, 2.05) is 0 Å². The second kappa shape index (κ2) is 11.3. The van der Waals surface area contributed by atoms with Crippen LogP contribution in [0.3, 0.4) is 0 Å². The molecule has 0 radical (unpaired) electrons. The van der Waals surface area contributed by atoms with E-state index >= 15 is 0 Å². The van der Waals surface area contributed by atoms with Crippen molar-refractivity contribution in [1.82, 2.24) is 0 Å². The fourth-order valence-electron chi connectivity index (χ4n) is 6.86. The third kappa shape index (κ3) is 4.59. The molecule has 3 heterocycles. The van der Waals surface area contributed by atoms with Crippen molar-refractivity contribution in [3.05, 3.63) is 61.9 Å². The summed E-state index contributed by atoms with van der Waals surface area (Å²) in [5.41, 5.74) is -0.907. The van der Waals surface area contributed by atoms with Gasteiger partial charge in [0.25, 0.3) is 0 Å². The Balaban J connectivity index is 1.40. The molecule has 2 fully saturated rings. The number of phenols is 1. The van der Waals surface area contributed by atoms with Crippen LogP contribution in [0.4, 0.5) is 0 Å². The zero-order valence-corrected chi connectivity index (χ0v) is 25.7. The summed E-state index contributed by atoms with van der Waals surface area (Å²) in [4.78, 5) is 26.7. The Morgan fingerprint density at radius 1 is 0.766 bits per heavy atom. The molecule has 10 unspecified atom stereocenters. The molecule has 0 saturated carbocycles. The lowest BCUT2D eigenvalue weighted by Crippen LogP contribution is -2.64. The molecule has 2 aliphatic heterocycles. The highest BCUT2D eigenvalue weighted by Crippen LogP contribution is 2.45. The molecule has 6 N–H and O–H groups in total. The van der Waals surface area contributed by atoms with Crippen LogP contribution < -0.4 is 21.1 Å². The third-order valence-electron chi connectivity index (χ3n) is 9.38. The van der Waals surface area contributed by atoms with Crippen LogP contribution in [0.5, 0.6) is 11.5 Å². The van der Waals surface area contributed by atoms with E-state index in [4.69, 9.17) is 33.5 Å². The van der Waals surface area contributed by atoms with Crippen molar-refractivity contribution >= 4 is 43.3 Å². The summed E-state index contributed by atoms with van der Waals surface area (Å²) < 4.78 is 35.0. The number of aliphatic hydroxyl groups excluding tert-OH is 4. The first-order chi connectivity index (χ1) is 22.3. The first kappa shape index (κ1) is 31.6. The van der Waals surface area contributed by atoms with E-state index in [0.29, 0.717) is 5.56 Å². The summed E-state index contributed by atoms with van der Waals surface area (Å²) in [7, 11) is 1.30. The molecule has 2 saturated heterocycles. The van der Waals surface area contributed by atoms with Crippen molar-refractivity contribution in [2.45, 2.75) is 82.2 Å². The maximum absolute atomic E-state index is 13.4. The molecule has 0 bridgehead atoms. The summed E-state index contributed by atoms with van der Waals surface area (Å²) >= 11 is 0. The van der Waals surface area contributed by atoms with E-state index < -0.39 is 83.6 Å². The molecule has 4 aromatic carbocycles. The van der Waals surface area contributed by atoms with Gasteiger partial charge < -0.3 is 53.6 Å². The van der Waals surface area contributed by atoms with Crippen molar-refractivity contribution in [1.29, 1.82) is 5.41 Å². The van der Waals surface area contributed by atoms with Gasteiger partial charge in [0.15, 0.2) is 18.0 Å². The number of rotatable bonds is 5. The molecular formula is C33H33NO13. The highest BCUT2D eigenvalue weighted by Gasteiger charge is 2.50. The SMILES string of the molecule is COC1C(O)C(C)OC(OC2C(Oc3cccc4c(O)c5c(=N)c(=O)c6ccc(C)c7c(=O)oc(c34)c5c67)OC(C)C(O)C2O)C1O. The maximum atomic E-state index is 13.4. The standard InChI is InChI=1S/C33H33NO13/c1-10-8-9-14-18-16(10)31(41)46-28-17-13(24(37)20(19(18)28)21(34)25(14)38)6-5-7-15(17)45-33-30(26(39)22(35)11(2)44-33)47-32-27(40)29(42-4)23(36)12(3)43-32/h5-9,11-12,22-23,26-27,29-30,32-37,39-40H,1-4H3. The minimum atomic E-state index is -1.61. The van der Waals surface area contributed by atoms with Crippen molar-refractivity contribution in [2.75, 3.05) is 7.11 Å². The topological polar surface area (TPSA) is 218 Å². The van der Waals surface area contributed by atoms with Gasteiger partial charge in [-0.1, -0.05) is 24.3 Å². The maximum Gasteiger partial charge on any atom is 0.344 e. The summed E-state index contributed by atoms with van der Waals surface area (Å²) in [6, 6.07) is 7.64. The summed E-state index contributed by atoms with van der Waals surface area (Å²) in [6.07, 6.45) is -13.0. The fourth-order valence-corrected chi connectivity index (χ4v) is 6.86. The third-order valence-corrected chi connectivity index (χ3v) is 9.38. The average molecular weight is 652 g/mol. The lowest BCUT2D eigenvalue weighted by atomic mass is 9.92. The molecule has 0 spiro atoms. The first-order valence-electron chi connectivity index (χ1n) is 15.0. The lowest BCUT2D eigenvalue weighted by Gasteiger charge is -2.46. The molecule has 1 aromatic heterocycles. The number of hydrogen-bond acceptors (Lipinski definition) is 14. The fraction of sp³-hybridized carbons (Fsp3) is 0.424. The molecule has 248 valence electrons. The number of fused-ring (bicyclic) bond motifs is 2. The van der Waals surface area contributed by atoms with Crippen LogP contribution in [0.2, 0.25) is 0 Å². The summed E-state index contributed by atoms with van der Waals surface area (Å²) in [6.45, 7) is 4.74. The van der Waals surface area contributed by atoms with Crippen LogP contribution in [-0.4, -0.2) is 94.1 Å². The van der Waals surface area contributed by atoms with E-state index in [2.05, 4.69) is 0 Å². The van der Waals surface area contributed by atoms with Crippen molar-refractivity contribution in [3.8, 4) is 11.5 Å². The quantitative estimate of drug-likeness (QED) is 0.0877. The molecule has 14 nitrogen and oxygen atoms in total. The zero-order valence-electron chi connectivity index (χ0n) is 25.7. The molecule has 10 atom stereocenters. The van der Waals surface area contributed by atoms with E-state index in [1.165, 1.54) is 38.3 Å². The number of benzene rings is 4. The largest absolute Gasteiger partial charge is 0.507 e. The van der Waals surface area contributed by atoms with Gasteiger partial charge in [-0.15, -0.1) is 0 Å². The number of methoxy groups -OCH3 is 1. The molecule has 0 aliphatic carbocycles. The minimum absolute atomic E-state index is 0.00235. The monoisotopic (exact) mass is 651 g/mol. The molecule has 7 rings (SSSR count). The minimum Gasteiger partial charge on any atom is -0.507 e. The van der Waals surface area contributed by atoms with Gasteiger partial charge in [0, 0.05) is 28.7 Å². The molecular weight excluding hydrogens is 618 g/mol. The van der Waals surface area contributed by atoms with Gasteiger partial charge in [-0.05, 0) is 32.4 Å². The normalized spacial score (nSPS) is 31.7. The Hall–Kier alpha value is -3.99. The van der Waals surface area contributed by atoms with E-state index in [9.17, 15) is 35.1 Å². The van der Waals surface area contributed by atoms with Crippen LogP contribution in [0.1, 0.15) is 19.4 Å². The van der Waals surface area contributed by atoms with Crippen LogP contribution >= 0.6 is 0 Å². The average Bonchev–Trinajstić information content (AvgIpc) is 3.04. The van der Waals surface area contributed by atoms with Gasteiger partial charge in [-0.2, -0.15) is 0 Å². The Kier molecular flexibility index (Phi) is 7.61. The Labute approximate surface area is 265 Å². The lowest BCUT2D eigenvalue weighted by molar-refractivity contribution is -0.353. The predicted molar refractivity (Wildman–Crippen MR) is 165 cm³/mol. The van der Waals surface area contributed by atoms with Gasteiger partial charge in [-0.3, -0.25) is 10.2 Å². The van der Waals surface area contributed by atoms with Gasteiger partial charge >= 0.3 is 5.63 Å². The van der Waals surface area contributed by atoms with Crippen LogP contribution in [0.25, 0.3) is 43.3 Å². The second-order valence-corrected chi connectivity index (χ2v) is 12.2. The van der Waals surface area contributed by atoms with Gasteiger partial charge in [0.05, 0.1) is 28.4 Å². The molecule has 2 aliphatic rings. The Morgan fingerprint density at radius 2 is 1.47 bits per heavy atom. The highest BCUT2D eigenvalue weighted by molar-refractivity contribution is 6.29. The molecule has 0 amide bonds. The van der Waals surface area contributed by atoms with E-state index in [1.54, 1.807) is 19.9 Å². The summed E-state index contributed by atoms with van der Waals surface area (Å²) in [5, 5.41) is 63.6. The number of aryl methyl sites for hydroxylation is 1. The predicted octanol–water partition coefficient (Wildman–Crippen LogP) is 0.694. The number of phenolic OH excluding ortho intramolecular Hbond substituents is 1. The van der Waals surface area contributed by atoms with Crippen LogP contribution in [0.15, 0.2) is 44.3 Å². The number of ether oxygens (including phenoxy) is 5. The van der Waals surface area contributed by atoms with Crippen LogP contribution in [0, 0.1) is 12.3 Å². The van der Waals surface area contributed by atoms with E-state index in [0.717, 1.165) is 0 Å². The smallest absolute Gasteiger partial charge is 0.344 e. The number of hydrogen-bond donors (Lipinski definition) is 6. The Morgan fingerprint density at radius 3 is 2.19 bits per heavy atom. The van der Waals surface area contributed by atoms with Gasteiger partial charge in [0.1, 0.15) is 47.4 Å². The first-order valence-corrected chi connectivity index (χ1v) is 15.0. The molecule has 47 heavy (non-hydrogen) atoms. The molecule has 5 aromatic rings. The van der Waals surface area contributed by atoms with Crippen molar-refractivity contribution in [2.24, 2.45) is 0 Å². The second-order valence-electron chi connectivity index (χ2n) is 12.2. The van der Waals surface area contributed by atoms with E-state index in [-0.39, 0.29) is 49.0 Å².